The summed E-state index contributed by atoms with van der Waals surface area (Å²) >= 11 is 0. The van der Waals surface area contributed by atoms with E-state index in [-0.39, 0.29) is 5.12 Å². The topological polar surface area (TPSA) is 64.1 Å². The summed E-state index contributed by atoms with van der Waals surface area (Å²) in [6, 6.07) is 0. The highest BCUT2D eigenvalue weighted by atomic mass is 19.4. The molecule has 0 bridgehead atoms. The molecule has 0 unspecified atom stereocenters. The predicted octanol–water partition coefficient (Wildman–Crippen LogP) is 1.40. The molecule has 0 aliphatic carbocycles. The second kappa shape index (κ2) is 1.77. The van der Waals surface area contributed by atoms with Gasteiger partial charge in [-0.3, -0.25) is 0 Å². The Morgan fingerprint density at radius 1 is 1.60 bits per heavy atom. The van der Waals surface area contributed by atoms with Gasteiger partial charge >= 0.3 is 12.0 Å². The van der Waals surface area contributed by atoms with Gasteiger partial charge in [0.25, 0.3) is 0 Å². The van der Waals surface area contributed by atoms with Crippen molar-refractivity contribution in [3.8, 4) is 0 Å². The van der Waals surface area contributed by atoms with Crippen LogP contribution in [0.1, 0.15) is 0 Å². The normalized spacial score (nSPS) is 15.9. The Morgan fingerprint density at radius 3 is 2.50 bits per heavy atom. The number of amidine groups is 1. The molecule has 0 atom stereocenters. The number of halogens is 3. The molecule has 8 heteroatoms. The highest BCUT2D eigenvalue weighted by molar-refractivity contribution is 5.95. The molecule has 1 aliphatic heterocycles. The monoisotopic (exact) mass is 151 g/mol. The Labute approximate surface area is 52.3 Å². The molecule has 0 N–H and O–H groups in total. The van der Waals surface area contributed by atoms with Crippen LogP contribution in [-0.2, 0) is 0 Å². The van der Waals surface area contributed by atoms with Crippen molar-refractivity contribution in [2.75, 3.05) is 0 Å². The van der Waals surface area contributed by atoms with Crippen molar-refractivity contribution in [3.63, 3.8) is 0 Å². The second-order valence-electron chi connectivity index (χ2n) is 1.39. The number of hydrogen-bond acceptors (Lipinski definition) is 2. The maximum atomic E-state index is 11.5. The molecular weight excluding hydrogens is 151 g/mol. The van der Waals surface area contributed by atoms with Crippen molar-refractivity contribution in [3.05, 3.63) is 10.4 Å². The van der Waals surface area contributed by atoms with Crippen molar-refractivity contribution in [2.45, 2.75) is 6.18 Å². The first-order valence-electron chi connectivity index (χ1n) is 2.06. The summed E-state index contributed by atoms with van der Waals surface area (Å²) in [5.41, 5.74) is 7.64. The van der Waals surface area contributed by atoms with E-state index in [1.165, 1.54) is 0 Å². The van der Waals surface area contributed by atoms with Gasteiger partial charge in [-0.05, 0) is 5.10 Å². The minimum atomic E-state index is -4.51. The molecule has 0 aromatic rings. The Kier molecular flexibility index (Phi) is 1.19. The van der Waals surface area contributed by atoms with E-state index in [2.05, 4.69) is 15.2 Å². The van der Waals surface area contributed by atoms with Gasteiger partial charge in [-0.15, -0.1) is 5.53 Å². The van der Waals surface area contributed by atoms with Gasteiger partial charge in [-0.25, -0.2) is 0 Å². The van der Waals surface area contributed by atoms with Gasteiger partial charge in [0.15, 0.2) is 0 Å². The van der Waals surface area contributed by atoms with Crippen molar-refractivity contribution in [1.82, 2.24) is 5.12 Å². The quantitative estimate of drug-likeness (QED) is 0.317. The van der Waals surface area contributed by atoms with E-state index < -0.39 is 12.0 Å². The molecule has 0 saturated heterocycles. The summed E-state index contributed by atoms with van der Waals surface area (Å²) in [4.78, 5) is 2.10. The lowest BCUT2D eigenvalue weighted by atomic mass is 10.6. The Morgan fingerprint density at radius 2 is 2.20 bits per heavy atom. The van der Waals surface area contributed by atoms with Crippen LogP contribution >= 0.6 is 0 Å². The van der Waals surface area contributed by atoms with E-state index in [0.29, 0.717) is 0 Å². The molecular formula is C2F3N5. The molecule has 0 aromatic heterocycles. The summed E-state index contributed by atoms with van der Waals surface area (Å²) in [5.74, 6) is -1.16. The van der Waals surface area contributed by atoms with E-state index in [4.69, 9.17) is 5.53 Å². The van der Waals surface area contributed by atoms with Gasteiger partial charge in [0.1, 0.15) is 0 Å². The van der Waals surface area contributed by atoms with Gasteiger partial charge < -0.3 is 0 Å². The zero-order valence-electron chi connectivity index (χ0n) is 4.37. The molecule has 1 heterocycles. The number of hydrazone groups is 1. The predicted molar refractivity (Wildman–Crippen MR) is 24.5 cm³/mol. The SMILES string of the molecule is [N-]=[N+]=NN1N=C1C(F)(F)F. The van der Waals surface area contributed by atoms with Crippen LogP contribution in [0.5, 0.6) is 0 Å². The largest absolute Gasteiger partial charge is 0.479 e. The van der Waals surface area contributed by atoms with E-state index in [0.717, 1.165) is 0 Å². The Hall–Kier alpha value is -1.43. The van der Waals surface area contributed by atoms with Gasteiger partial charge in [0.05, 0.1) is 0 Å². The van der Waals surface area contributed by atoms with Crippen LogP contribution in [0, 0.1) is 0 Å². The minimum absolute atomic E-state index is 0.181. The summed E-state index contributed by atoms with van der Waals surface area (Å²) in [6.07, 6.45) is -4.51. The Balaban J connectivity index is 2.53. The van der Waals surface area contributed by atoms with Crippen LogP contribution in [0.4, 0.5) is 13.2 Å². The lowest BCUT2D eigenvalue weighted by Crippen LogP contribution is -2.19. The lowest BCUT2D eigenvalue weighted by Gasteiger charge is -1.91. The van der Waals surface area contributed by atoms with Gasteiger partial charge in [-0.2, -0.15) is 18.1 Å². The molecule has 0 amide bonds. The van der Waals surface area contributed by atoms with Crippen LogP contribution in [0.2, 0.25) is 0 Å². The summed E-state index contributed by atoms with van der Waals surface area (Å²) < 4.78 is 34.4. The van der Waals surface area contributed by atoms with Crippen molar-refractivity contribution >= 4 is 5.84 Å². The fourth-order valence-corrected chi connectivity index (χ4v) is 0.338. The van der Waals surface area contributed by atoms with Crippen molar-refractivity contribution in [1.29, 1.82) is 0 Å². The maximum absolute atomic E-state index is 11.5. The first kappa shape index (κ1) is 6.69. The number of rotatable bonds is 1. The van der Waals surface area contributed by atoms with E-state index >= 15 is 0 Å². The number of azide groups is 1. The third-order valence-corrected chi connectivity index (χ3v) is 0.718. The molecule has 10 heavy (non-hydrogen) atoms. The smallest absolute Gasteiger partial charge is 0.166 e. The first-order valence-corrected chi connectivity index (χ1v) is 2.06. The average Bonchev–Trinajstić information content (AvgIpc) is 2.44. The number of nitrogens with zero attached hydrogens (tertiary/aromatic N) is 5. The highest BCUT2D eigenvalue weighted by Gasteiger charge is 2.54. The molecule has 54 valence electrons. The zero-order valence-corrected chi connectivity index (χ0v) is 4.37. The van der Waals surface area contributed by atoms with Gasteiger partial charge in [-0.1, -0.05) is 5.12 Å². The van der Waals surface area contributed by atoms with E-state index in [1.54, 1.807) is 0 Å². The first-order chi connectivity index (χ1) is 4.55. The van der Waals surface area contributed by atoms with Crippen LogP contribution in [0.15, 0.2) is 10.3 Å². The minimum Gasteiger partial charge on any atom is -0.166 e. The number of alkyl halides is 3. The van der Waals surface area contributed by atoms with Crippen molar-refractivity contribution < 1.29 is 13.2 Å². The standard InChI is InChI=1S/C2F3N5/c3-2(4,5)1-7-10(1)9-8-6. The summed E-state index contributed by atoms with van der Waals surface area (Å²) in [7, 11) is 0. The van der Waals surface area contributed by atoms with E-state index in [9.17, 15) is 13.2 Å². The van der Waals surface area contributed by atoms with Crippen LogP contribution in [-0.4, -0.2) is 17.1 Å². The van der Waals surface area contributed by atoms with Crippen LogP contribution in [0.25, 0.3) is 10.4 Å². The zero-order chi connectivity index (χ0) is 7.78. The molecule has 0 fully saturated rings. The maximum Gasteiger partial charge on any atom is 0.479 e. The summed E-state index contributed by atoms with van der Waals surface area (Å²) in [5, 5.41) is 5.48. The average molecular weight is 151 g/mol. The number of hydrogen-bond donors (Lipinski definition) is 0. The van der Waals surface area contributed by atoms with Crippen LogP contribution in [0.3, 0.4) is 0 Å². The third kappa shape index (κ3) is 1.11. The lowest BCUT2D eigenvalue weighted by molar-refractivity contribution is -0.0601. The van der Waals surface area contributed by atoms with Gasteiger partial charge in [0, 0.05) is 5.22 Å². The molecule has 1 rings (SSSR count). The molecule has 0 radical (unpaired) electrons. The Bertz CT molecular complexity index is 222. The molecule has 0 aromatic carbocycles. The second-order valence-corrected chi connectivity index (χ2v) is 1.39. The van der Waals surface area contributed by atoms with Crippen molar-refractivity contribution in [2.24, 2.45) is 10.3 Å². The van der Waals surface area contributed by atoms with Crippen LogP contribution < -0.4 is 0 Å². The molecule has 1 aliphatic rings. The molecule has 5 nitrogen and oxygen atoms in total. The molecule has 0 saturated carbocycles. The molecule has 0 spiro atoms. The highest BCUT2D eigenvalue weighted by Crippen LogP contribution is 2.28. The van der Waals surface area contributed by atoms with E-state index in [1.807, 2.05) is 0 Å². The summed E-state index contributed by atoms with van der Waals surface area (Å²) in [6.45, 7) is 0. The third-order valence-electron chi connectivity index (χ3n) is 0.718. The fourth-order valence-electron chi connectivity index (χ4n) is 0.338. The van der Waals surface area contributed by atoms with Gasteiger partial charge in [0.2, 0.25) is 0 Å². The fraction of sp³-hybridized carbons (Fsp3) is 0.500.